The first kappa shape index (κ1) is 11.2. The van der Waals surface area contributed by atoms with E-state index in [-0.39, 0.29) is 12.0 Å². The van der Waals surface area contributed by atoms with Gasteiger partial charge >= 0.3 is 11.9 Å². The molecule has 0 N–H and O–H groups in total. The minimum absolute atomic E-state index is 0.0431. The lowest BCUT2D eigenvalue weighted by Crippen LogP contribution is -2.59. The zero-order chi connectivity index (χ0) is 12.8. The zero-order valence-electron chi connectivity index (χ0n) is 10.5. The minimum atomic E-state index is -3.35. The topological polar surface area (TPSA) is 26.3 Å². The summed E-state index contributed by atoms with van der Waals surface area (Å²) in [5, 5.41) is 0. The van der Waals surface area contributed by atoms with Gasteiger partial charge in [-0.15, -0.1) is 0 Å². The number of esters is 1. The van der Waals surface area contributed by atoms with E-state index >= 15 is 0 Å². The second-order valence-electron chi connectivity index (χ2n) is 7.22. The molecule has 4 aliphatic carbocycles. The van der Waals surface area contributed by atoms with Crippen LogP contribution in [0.1, 0.15) is 39.0 Å². The monoisotopic (exact) mass is 256 g/mol. The van der Waals surface area contributed by atoms with Gasteiger partial charge in [-0.3, -0.25) is 0 Å². The summed E-state index contributed by atoms with van der Waals surface area (Å²) in [7, 11) is 0. The second kappa shape index (κ2) is 2.91. The summed E-state index contributed by atoms with van der Waals surface area (Å²) in [6, 6.07) is 0. The number of halogens is 2. The van der Waals surface area contributed by atoms with Gasteiger partial charge in [0.2, 0.25) is 0 Å². The van der Waals surface area contributed by atoms with Crippen molar-refractivity contribution in [1.82, 2.24) is 0 Å². The van der Waals surface area contributed by atoms with E-state index in [1.165, 1.54) is 12.8 Å². The minimum Gasteiger partial charge on any atom is -0.461 e. The lowest BCUT2D eigenvalue weighted by Gasteiger charge is -2.66. The molecule has 4 heteroatoms. The Labute approximate surface area is 105 Å². The summed E-state index contributed by atoms with van der Waals surface area (Å²) in [6.45, 7) is 0.829. The van der Waals surface area contributed by atoms with Crippen LogP contribution in [0.15, 0.2) is 0 Å². The zero-order valence-corrected chi connectivity index (χ0v) is 10.5. The summed E-state index contributed by atoms with van der Waals surface area (Å²) in [4.78, 5) is 11.2. The van der Waals surface area contributed by atoms with Gasteiger partial charge in [-0.2, -0.15) is 8.78 Å². The first-order chi connectivity index (χ1) is 8.36. The molecule has 0 heterocycles. The third-order valence-electron chi connectivity index (χ3n) is 6.33. The fourth-order valence-corrected chi connectivity index (χ4v) is 5.76. The molecule has 0 aliphatic heterocycles. The molecule has 18 heavy (non-hydrogen) atoms. The van der Waals surface area contributed by atoms with Crippen LogP contribution < -0.4 is 0 Å². The Balaban J connectivity index is 1.46. The van der Waals surface area contributed by atoms with Crippen LogP contribution >= 0.6 is 0 Å². The van der Waals surface area contributed by atoms with Crippen molar-refractivity contribution >= 4 is 5.97 Å². The first-order valence-corrected chi connectivity index (χ1v) is 6.91. The Kier molecular flexibility index (Phi) is 1.81. The van der Waals surface area contributed by atoms with Crippen molar-refractivity contribution in [3.63, 3.8) is 0 Å². The maximum absolute atomic E-state index is 12.8. The number of carbonyl (C=O) groups is 1. The van der Waals surface area contributed by atoms with Gasteiger partial charge in [0.1, 0.15) is 0 Å². The van der Waals surface area contributed by atoms with Gasteiger partial charge in [0, 0.05) is 12.3 Å². The molecule has 0 aromatic heterocycles. The predicted molar refractivity (Wildman–Crippen MR) is 60.0 cm³/mol. The SMILES string of the molecule is CC(F)(F)C(=O)OCC12CC3CC4CC(C1)C43C2. The van der Waals surface area contributed by atoms with Crippen molar-refractivity contribution in [3.05, 3.63) is 0 Å². The highest BCUT2D eigenvalue weighted by Crippen LogP contribution is 2.84. The van der Waals surface area contributed by atoms with Crippen LogP contribution in [0.2, 0.25) is 0 Å². The van der Waals surface area contributed by atoms with E-state index in [2.05, 4.69) is 0 Å². The van der Waals surface area contributed by atoms with Crippen LogP contribution in [0.3, 0.4) is 0 Å². The molecule has 2 bridgehead atoms. The number of fused-ring (bicyclic) bond motifs is 1. The van der Waals surface area contributed by atoms with Crippen molar-refractivity contribution in [2.24, 2.45) is 28.6 Å². The highest BCUT2D eigenvalue weighted by molar-refractivity contribution is 5.76. The Morgan fingerprint density at radius 1 is 1.28 bits per heavy atom. The molecular formula is C14H18F2O2. The van der Waals surface area contributed by atoms with Gasteiger partial charge in [-0.25, -0.2) is 4.79 Å². The quantitative estimate of drug-likeness (QED) is 0.725. The van der Waals surface area contributed by atoms with Gasteiger partial charge in [0.25, 0.3) is 0 Å². The molecule has 4 saturated carbocycles. The molecule has 2 atom stereocenters. The lowest BCUT2D eigenvalue weighted by atomic mass is 9.38. The van der Waals surface area contributed by atoms with E-state index in [0.29, 0.717) is 12.3 Å². The maximum atomic E-state index is 12.8. The largest absolute Gasteiger partial charge is 0.461 e. The van der Waals surface area contributed by atoms with Crippen LogP contribution in [0, 0.1) is 28.6 Å². The molecular weight excluding hydrogens is 238 g/mol. The van der Waals surface area contributed by atoms with Crippen molar-refractivity contribution in [2.75, 3.05) is 6.61 Å². The number of ether oxygens (including phenoxy) is 1. The number of rotatable bonds is 3. The van der Waals surface area contributed by atoms with E-state index < -0.39 is 11.9 Å². The summed E-state index contributed by atoms with van der Waals surface area (Å²) >= 11 is 0. The molecule has 4 rings (SSSR count). The van der Waals surface area contributed by atoms with Gasteiger partial charge in [-0.1, -0.05) is 0 Å². The van der Waals surface area contributed by atoms with E-state index in [1.807, 2.05) is 0 Å². The van der Waals surface area contributed by atoms with E-state index in [0.717, 1.165) is 37.0 Å². The average Bonchev–Trinajstić information content (AvgIpc) is 2.70. The number of alkyl halides is 2. The number of hydrogen-bond donors (Lipinski definition) is 0. The van der Waals surface area contributed by atoms with Crippen LogP contribution in [0.25, 0.3) is 0 Å². The molecule has 0 aromatic carbocycles. The van der Waals surface area contributed by atoms with Crippen molar-refractivity contribution in [1.29, 1.82) is 0 Å². The highest BCUT2D eigenvalue weighted by atomic mass is 19.3. The summed E-state index contributed by atoms with van der Waals surface area (Å²) in [5.74, 6) is -2.21. The molecule has 2 unspecified atom stereocenters. The molecule has 2 nitrogen and oxygen atoms in total. The highest BCUT2D eigenvalue weighted by Gasteiger charge is 2.77. The maximum Gasteiger partial charge on any atom is 0.376 e. The molecule has 1 spiro atoms. The third kappa shape index (κ3) is 1.11. The summed E-state index contributed by atoms with van der Waals surface area (Å²) in [6.07, 6.45) is 5.99. The van der Waals surface area contributed by atoms with Crippen LogP contribution in [-0.4, -0.2) is 18.5 Å². The van der Waals surface area contributed by atoms with Crippen molar-refractivity contribution in [3.8, 4) is 0 Å². The average molecular weight is 256 g/mol. The smallest absolute Gasteiger partial charge is 0.376 e. The molecule has 100 valence electrons. The molecule has 4 fully saturated rings. The van der Waals surface area contributed by atoms with Gasteiger partial charge in [0.15, 0.2) is 0 Å². The van der Waals surface area contributed by atoms with Gasteiger partial charge in [-0.05, 0) is 55.3 Å². The van der Waals surface area contributed by atoms with E-state index in [9.17, 15) is 13.6 Å². The van der Waals surface area contributed by atoms with E-state index in [1.54, 1.807) is 0 Å². The number of hydrogen-bond acceptors (Lipinski definition) is 2. The van der Waals surface area contributed by atoms with Crippen LogP contribution in [0.5, 0.6) is 0 Å². The fraction of sp³-hybridized carbons (Fsp3) is 0.929. The molecule has 0 amide bonds. The van der Waals surface area contributed by atoms with Crippen molar-refractivity contribution < 1.29 is 18.3 Å². The summed E-state index contributed by atoms with van der Waals surface area (Å²) in [5.41, 5.74) is 0.600. The first-order valence-electron chi connectivity index (χ1n) is 6.91. The van der Waals surface area contributed by atoms with Gasteiger partial charge < -0.3 is 4.74 Å². The van der Waals surface area contributed by atoms with Crippen LogP contribution in [-0.2, 0) is 9.53 Å². The Morgan fingerprint density at radius 3 is 2.33 bits per heavy atom. The Morgan fingerprint density at radius 2 is 1.89 bits per heavy atom. The summed E-state index contributed by atoms with van der Waals surface area (Å²) < 4.78 is 30.5. The normalized spacial score (nSPS) is 51.4. The van der Waals surface area contributed by atoms with Gasteiger partial charge in [0.05, 0.1) is 6.61 Å². The molecule has 0 radical (unpaired) electrons. The number of carbonyl (C=O) groups excluding carboxylic acids is 1. The Bertz CT molecular complexity index is 410. The molecule has 4 aliphatic rings. The van der Waals surface area contributed by atoms with Crippen molar-refractivity contribution in [2.45, 2.75) is 45.0 Å². The lowest BCUT2D eigenvalue weighted by molar-refractivity contribution is -0.182. The molecule has 0 saturated heterocycles. The van der Waals surface area contributed by atoms with E-state index in [4.69, 9.17) is 4.74 Å². The predicted octanol–water partition coefficient (Wildman–Crippen LogP) is 3.01. The second-order valence-corrected chi connectivity index (χ2v) is 7.22. The standard InChI is InChI=1S/C14H18F2O2/c1-12(15,16)11(17)18-7-13-4-9-2-8-3-10(5-13)14(8,9)6-13/h8-10H,2-7H2,1H3. The third-order valence-corrected chi connectivity index (χ3v) is 6.33. The molecule has 0 aromatic rings. The van der Waals surface area contributed by atoms with Crippen LogP contribution in [0.4, 0.5) is 8.78 Å². The fourth-order valence-electron chi connectivity index (χ4n) is 5.76. The Hall–Kier alpha value is -0.670.